The van der Waals surface area contributed by atoms with E-state index in [9.17, 15) is 4.39 Å². The van der Waals surface area contributed by atoms with E-state index in [1.807, 2.05) is 37.3 Å². The third-order valence-electron chi connectivity index (χ3n) is 2.56. The molecule has 2 rings (SSSR count). The summed E-state index contributed by atoms with van der Waals surface area (Å²) < 4.78 is 19.2. The molecule has 0 bridgehead atoms. The zero-order chi connectivity index (χ0) is 12.8. The van der Waals surface area contributed by atoms with E-state index in [0.717, 1.165) is 12.3 Å². The Hall–Kier alpha value is -1.87. The first-order valence-corrected chi connectivity index (χ1v) is 6.01. The molecule has 0 radical (unpaired) electrons. The fraction of sp³-hybridized carbons (Fsp3) is 0.200. The van der Waals surface area contributed by atoms with Crippen LogP contribution in [-0.2, 0) is 6.54 Å². The molecule has 0 aliphatic rings. The van der Waals surface area contributed by atoms with Crippen LogP contribution in [0.2, 0.25) is 0 Å². The molecule has 0 unspecified atom stereocenters. The van der Waals surface area contributed by atoms with Gasteiger partial charge in [-0.2, -0.15) is 0 Å². The molecule has 2 aromatic carbocycles. The van der Waals surface area contributed by atoms with E-state index in [-0.39, 0.29) is 5.82 Å². The Morgan fingerprint density at radius 3 is 2.56 bits per heavy atom. The molecule has 1 N–H and O–H groups in total. The Morgan fingerprint density at radius 1 is 1.06 bits per heavy atom. The van der Waals surface area contributed by atoms with Crippen LogP contribution >= 0.6 is 0 Å². The highest BCUT2D eigenvalue weighted by Crippen LogP contribution is 2.23. The van der Waals surface area contributed by atoms with Gasteiger partial charge >= 0.3 is 0 Å². The lowest BCUT2D eigenvalue weighted by Gasteiger charge is -2.09. The van der Waals surface area contributed by atoms with Crippen LogP contribution in [-0.4, -0.2) is 6.54 Å². The fourth-order valence-corrected chi connectivity index (χ4v) is 1.63. The summed E-state index contributed by atoms with van der Waals surface area (Å²) in [6, 6.07) is 14.3. The summed E-state index contributed by atoms with van der Waals surface area (Å²) in [5.41, 5.74) is 0.616. The molecule has 0 spiro atoms. The van der Waals surface area contributed by atoms with Crippen molar-refractivity contribution in [1.29, 1.82) is 0 Å². The number of nitrogens with one attached hydrogen (secondary N) is 1. The molecule has 18 heavy (non-hydrogen) atoms. The van der Waals surface area contributed by atoms with E-state index in [0.29, 0.717) is 17.9 Å². The van der Waals surface area contributed by atoms with Gasteiger partial charge in [0.1, 0.15) is 17.3 Å². The van der Waals surface area contributed by atoms with Gasteiger partial charge in [0.25, 0.3) is 0 Å². The summed E-state index contributed by atoms with van der Waals surface area (Å²) in [6.07, 6.45) is 0. The molecule has 0 heterocycles. The summed E-state index contributed by atoms with van der Waals surface area (Å²) in [5.74, 6) is 1.19. The molecule has 94 valence electrons. The van der Waals surface area contributed by atoms with Gasteiger partial charge in [0, 0.05) is 12.1 Å². The lowest BCUT2D eigenvalue weighted by molar-refractivity contribution is 0.478. The van der Waals surface area contributed by atoms with Crippen molar-refractivity contribution in [2.75, 3.05) is 6.54 Å². The molecular weight excluding hydrogens is 229 g/mol. The molecule has 0 aromatic heterocycles. The summed E-state index contributed by atoms with van der Waals surface area (Å²) in [7, 11) is 0. The van der Waals surface area contributed by atoms with Crippen LogP contribution in [0.1, 0.15) is 12.5 Å². The smallest absolute Gasteiger partial charge is 0.127 e. The summed E-state index contributed by atoms with van der Waals surface area (Å²) in [5, 5.41) is 3.10. The van der Waals surface area contributed by atoms with Gasteiger partial charge in [0.15, 0.2) is 0 Å². The summed E-state index contributed by atoms with van der Waals surface area (Å²) >= 11 is 0. The van der Waals surface area contributed by atoms with Crippen LogP contribution < -0.4 is 10.1 Å². The number of hydrogen-bond donors (Lipinski definition) is 1. The molecule has 0 atom stereocenters. The van der Waals surface area contributed by atoms with Crippen LogP contribution in [0.5, 0.6) is 11.5 Å². The summed E-state index contributed by atoms with van der Waals surface area (Å²) in [4.78, 5) is 0. The van der Waals surface area contributed by atoms with Crippen molar-refractivity contribution in [3.05, 3.63) is 59.9 Å². The molecule has 0 saturated carbocycles. The van der Waals surface area contributed by atoms with Crippen LogP contribution in [0.4, 0.5) is 4.39 Å². The van der Waals surface area contributed by atoms with Crippen molar-refractivity contribution in [3.63, 3.8) is 0 Å². The topological polar surface area (TPSA) is 21.3 Å². The zero-order valence-corrected chi connectivity index (χ0v) is 10.3. The third kappa shape index (κ3) is 3.31. The minimum atomic E-state index is -0.212. The second kappa shape index (κ2) is 6.17. The van der Waals surface area contributed by atoms with E-state index >= 15 is 0 Å². The lowest BCUT2D eigenvalue weighted by Crippen LogP contribution is -2.12. The maximum absolute atomic E-state index is 13.5. The van der Waals surface area contributed by atoms with Gasteiger partial charge in [-0.25, -0.2) is 4.39 Å². The SMILES string of the molecule is CCNCc1cc(Oc2ccccc2)ccc1F. The number of halogens is 1. The largest absolute Gasteiger partial charge is 0.457 e. The van der Waals surface area contributed by atoms with E-state index in [1.165, 1.54) is 6.07 Å². The average Bonchev–Trinajstić information content (AvgIpc) is 2.40. The molecule has 2 aromatic rings. The number of rotatable bonds is 5. The second-order valence-corrected chi connectivity index (χ2v) is 3.95. The van der Waals surface area contributed by atoms with Gasteiger partial charge in [-0.15, -0.1) is 0 Å². The Balaban J connectivity index is 2.14. The molecule has 2 nitrogen and oxygen atoms in total. The van der Waals surface area contributed by atoms with E-state index in [2.05, 4.69) is 5.32 Å². The maximum Gasteiger partial charge on any atom is 0.127 e. The van der Waals surface area contributed by atoms with Crippen molar-refractivity contribution in [1.82, 2.24) is 5.32 Å². The van der Waals surface area contributed by atoms with Gasteiger partial charge in [0.05, 0.1) is 0 Å². The molecule has 0 aliphatic heterocycles. The van der Waals surface area contributed by atoms with Gasteiger partial charge in [-0.05, 0) is 36.9 Å². The third-order valence-corrected chi connectivity index (χ3v) is 2.56. The van der Waals surface area contributed by atoms with Crippen molar-refractivity contribution in [2.24, 2.45) is 0 Å². The predicted octanol–water partition coefficient (Wildman–Crippen LogP) is 3.73. The van der Waals surface area contributed by atoms with Crippen molar-refractivity contribution in [3.8, 4) is 11.5 Å². The van der Waals surface area contributed by atoms with Gasteiger partial charge in [-0.3, -0.25) is 0 Å². The molecule has 0 amide bonds. The van der Waals surface area contributed by atoms with Crippen molar-refractivity contribution < 1.29 is 9.13 Å². The fourth-order valence-electron chi connectivity index (χ4n) is 1.63. The molecule has 0 fully saturated rings. The minimum absolute atomic E-state index is 0.212. The molecule has 0 saturated heterocycles. The highest BCUT2D eigenvalue weighted by molar-refractivity contribution is 5.34. The first-order valence-electron chi connectivity index (χ1n) is 6.01. The zero-order valence-electron chi connectivity index (χ0n) is 10.3. The number of hydrogen-bond acceptors (Lipinski definition) is 2. The van der Waals surface area contributed by atoms with Gasteiger partial charge in [-0.1, -0.05) is 25.1 Å². The maximum atomic E-state index is 13.5. The van der Waals surface area contributed by atoms with E-state index in [4.69, 9.17) is 4.74 Å². The predicted molar refractivity (Wildman–Crippen MR) is 70.3 cm³/mol. The Bertz CT molecular complexity index is 499. The minimum Gasteiger partial charge on any atom is -0.457 e. The number of ether oxygens (including phenoxy) is 1. The highest BCUT2D eigenvalue weighted by atomic mass is 19.1. The quantitative estimate of drug-likeness (QED) is 0.866. The van der Waals surface area contributed by atoms with Crippen molar-refractivity contribution >= 4 is 0 Å². The highest BCUT2D eigenvalue weighted by Gasteiger charge is 2.04. The van der Waals surface area contributed by atoms with Crippen LogP contribution in [0.15, 0.2) is 48.5 Å². The van der Waals surface area contributed by atoms with Gasteiger partial charge < -0.3 is 10.1 Å². The van der Waals surface area contributed by atoms with Crippen LogP contribution in [0.3, 0.4) is 0 Å². The Kier molecular flexibility index (Phi) is 4.31. The molecular formula is C15H16FNO. The Labute approximate surface area is 106 Å². The van der Waals surface area contributed by atoms with Crippen LogP contribution in [0, 0.1) is 5.82 Å². The lowest BCUT2D eigenvalue weighted by atomic mass is 10.2. The van der Waals surface area contributed by atoms with E-state index < -0.39 is 0 Å². The van der Waals surface area contributed by atoms with Gasteiger partial charge in [0.2, 0.25) is 0 Å². The number of para-hydroxylation sites is 1. The number of benzene rings is 2. The first-order chi connectivity index (χ1) is 8.79. The van der Waals surface area contributed by atoms with Crippen molar-refractivity contribution in [2.45, 2.75) is 13.5 Å². The van der Waals surface area contributed by atoms with E-state index in [1.54, 1.807) is 12.1 Å². The molecule has 3 heteroatoms. The monoisotopic (exact) mass is 245 g/mol. The first kappa shape index (κ1) is 12.6. The molecule has 0 aliphatic carbocycles. The second-order valence-electron chi connectivity index (χ2n) is 3.95. The van der Waals surface area contributed by atoms with Crippen LogP contribution in [0.25, 0.3) is 0 Å². The average molecular weight is 245 g/mol. The Morgan fingerprint density at radius 2 is 1.83 bits per heavy atom. The normalized spacial score (nSPS) is 10.3. The summed E-state index contributed by atoms with van der Waals surface area (Å²) in [6.45, 7) is 3.31. The standard InChI is InChI=1S/C15H16FNO/c1-2-17-11-12-10-14(8-9-15(12)16)18-13-6-4-3-5-7-13/h3-10,17H,2,11H2,1H3.